The summed E-state index contributed by atoms with van der Waals surface area (Å²) in [5, 5.41) is 10.2. The number of carbonyl (C=O) groups excluding carboxylic acids is 2. The molecule has 2 aromatic carbocycles. The van der Waals surface area contributed by atoms with Gasteiger partial charge in [-0.1, -0.05) is 35.9 Å². The lowest BCUT2D eigenvalue weighted by atomic mass is 9.94. The number of benzene rings is 2. The highest BCUT2D eigenvalue weighted by Crippen LogP contribution is 2.30. The molecule has 11 heteroatoms. The van der Waals surface area contributed by atoms with Gasteiger partial charge in [-0.3, -0.25) is 15.0 Å². The van der Waals surface area contributed by atoms with Crippen LogP contribution in [-0.4, -0.2) is 66.0 Å². The van der Waals surface area contributed by atoms with Crippen LogP contribution < -0.4 is 16.4 Å². The zero-order valence-corrected chi connectivity index (χ0v) is 20.8. The van der Waals surface area contributed by atoms with E-state index >= 15 is 0 Å². The maximum absolute atomic E-state index is 14.2. The molecule has 1 aliphatic rings. The second kappa shape index (κ2) is 11.1. The number of carbonyl (C=O) groups is 2. The Hall–Kier alpha value is -3.47. The van der Waals surface area contributed by atoms with Crippen LogP contribution in [0.3, 0.4) is 0 Å². The van der Waals surface area contributed by atoms with Crippen LogP contribution in [0.25, 0.3) is 5.69 Å². The van der Waals surface area contributed by atoms with Crippen molar-refractivity contribution in [3.63, 3.8) is 0 Å². The summed E-state index contributed by atoms with van der Waals surface area (Å²) >= 11 is 5.88. The Balaban J connectivity index is 1.59. The van der Waals surface area contributed by atoms with E-state index in [4.69, 9.17) is 22.1 Å². The largest absolute Gasteiger partial charge is 0.383 e. The number of amides is 3. The molecule has 1 fully saturated rings. The van der Waals surface area contributed by atoms with E-state index in [2.05, 4.69) is 20.6 Å². The van der Waals surface area contributed by atoms with Crippen molar-refractivity contribution in [1.82, 2.24) is 20.0 Å². The number of hydrogen-bond acceptors (Lipinski definition) is 5. The molecule has 0 saturated carbocycles. The standard InChI is InChI=1S/C25H28ClFN6O3/c1-15-22(23(28)34)24(33(31-15)17-6-4-3-5-7-17)30-25(35)29-21-14-32(10-11-36-2)13-18(21)16-8-9-19(26)20(27)12-16/h3-9,12,18,21H,10-11,13-14H2,1-2H3,(H2,28,34)(H2,29,30,35)/t18-,21+/m0/s1. The van der Waals surface area contributed by atoms with Crippen molar-refractivity contribution in [2.45, 2.75) is 18.9 Å². The highest BCUT2D eigenvalue weighted by Gasteiger charge is 2.35. The van der Waals surface area contributed by atoms with Crippen molar-refractivity contribution in [3.05, 3.63) is 76.2 Å². The predicted molar refractivity (Wildman–Crippen MR) is 135 cm³/mol. The molecule has 0 aliphatic carbocycles. The molecule has 2 atom stereocenters. The third-order valence-corrected chi connectivity index (χ3v) is 6.54. The Bertz CT molecular complexity index is 1250. The third kappa shape index (κ3) is 5.51. The Morgan fingerprint density at radius 1 is 1.22 bits per heavy atom. The van der Waals surface area contributed by atoms with Gasteiger partial charge in [0.05, 0.1) is 29.1 Å². The van der Waals surface area contributed by atoms with E-state index < -0.39 is 17.8 Å². The summed E-state index contributed by atoms with van der Waals surface area (Å²) in [6.45, 7) is 3.97. The third-order valence-electron chi connectivity index (χ3n) is 6.23. The smallest absolute Gasteiger partial charge is 0.320 e. The lowest BCUT2D eigenvalue weighted by molar-refractivity contribution is 0.100. The first-order chi connectivity index (χ1) is 17.3. The van der Waals surface area contributed by atoms with E-state index in [0.717, 1.165) is 5.56 Å². The van der Waals surface area contributed by atoms with Gasteiger partial charge >= 0.3 is 6.03 Å². The molecular weight excluding hydrogens is 487 g/mol. The molecule has 36 heavy (non-hydrogen) atoms. The number of methoxy groups -OCH3 is 1. The summed E-state index contributed by atoms with van der Waals surface area (Å²) in [5.41, 5.74) is 7.51. The van der Waals surface area contributed by atoms with Gasteiger partial charge in [-0.2, -0.15) is 5.10 Å². The Kier molecular flexibility index (Phi) is 7.88. The average Bonchev–Trinajstić information content (AvgIpc) is 3.40. The van der Waals surface area contributed by atoms with Gasteiger partial charge in [-0.15, -0.1) is 0 Å². The normalized spacial score (nSPS) is 17.8. The molecule has 0 bridgehead atoms. The summed E-state index contributed by atoms with van der Waals surface area (Å²) < 4.78 is 20.9. The number of urea groups is 1. The van der Waals surface area contributed by atoms with Crippen molar-refractivity contribution >= 4 is 29.4 Å². The minimum atomic E-state index is -0.703. The van der Waals surface area contributed by atoms with Gasteiger partial charge < -0.3 is 15.8 Å². The summed E-state index contributed by atoms with van der Waals surface area (Å²) in [5.74, 6) is -1.23. The number of halogens is 2. The lowest BCUT2D eigenvalue weighted by Crippen LogP contribution is -2.43. The maximum Gasteiger partial charge on any atom is 0.320 e. The van der Waals surface area contributed by atoms with Crippen LogP contribution in [0.5, 0.6) is 0 Å². The molecule has 2 heterocycles. The number of nitrogens with zero attached hydrogens (tertiary/aromatic N) is 3. The Labute approximate surface area is 213 Å². The van der Waals surface area contributed by atoms with Crippen LogP contribution in [0.15, 0.2) is 48.5 Å². The second-order valence-corrected chi connectivity index (χ2v) is 9.07. The zero-order valence-electron chi connectivity index (χ0n) is 20.0. The van der Waals surface area contributed by atoms with Gasteiger partial charge in [0.15, 0.2) is 5.82 Å². The molecular formula is C25H28ClFN6O3. The van der Waals surface area contributed by atoms with E-state index in [1.807, 2.05) is 18.2 Å². The van der Waals surface area contributed by atoms with Gasteiger partial charge in [0.25, 0.3) is 5.91 Å². The molecule has 0 unspecified atom stereocenters. The molecule has 9 nitrogen and oxygen atoms in total. The Morgan fingerprint density at radius 3 is 2.64 bits per heavy atom. The summed E-state index contributed by atoms with van der Waals surface area (Å²) in [4.78, 5) is 27.5. The van der Waals surface area contributed by atoms with Crippen molar-refractivity contribution < 1.29 is 18.7 Å². The van der Waals surface area contributed by atoms with Crippen molar-refractivity contribution in [1.29, 1.82) is 0 Å². The van der Waals surface area contributed by atoms with Crippen LogP contribution in [0.2, 0.25) is 5.02 Å². The number of ether oxygens (including phenoxy) is 1. The number of aromatic nitrogens is 2. The minimum Gasteiger partial charge on any atom is -0.383 e. The molecule has 3 amide bonds. The van der Waals surface area contributed by atoms with Crippen LogP contribution in [0, 0.1) is 12.7 Å². The van der Waals surface area contributed by atoms with E-state index in [9.17, 15) is 14.0 Å². The quantitative estimate of drug-likeness (QED) is 0.426. The number of nitrogens with two attached hydrogens (primary N) is 1. The number of primary amides is 1. The summed E-state index contributed by atoms with van der Waals surface area (Å²) in [6.07, 6.45) is 0. The molecule has 3 aromatic rings. The number of nitrogens with one attached hydrogen (secondary N) is 2. The number of anilines is 1. The molecule has 0 radical (unpaired) electrons. The van der Waals surface area contributed by atoms with Gasteiger partial charge in [-0.05, 0) is 36.8 Å². The van der Waals surface area contributed by atoms with Gasteiger partial charge in [0.2, 0.25) is 0 Å². The zero-order chi connectivity index (χ0) is 25.8. The molecule has 1 aromatic heterocycles. The first-order valence-electron chi connectivity index (χ1n) is 11.5. The molecule has 1 saturated heterocycles. The highest BCUT2D eigenvalue weighted by atomic mass is 35.5. The van der Waals surface area contributed by atoms with Crippen LogP contribution >= 0.6 is 11.6 Å². The predicted octanol–water partition coefficient (Wildman–Crippen LogP) is 3.31. The second-order valence-electron chi connectivity index (χ2n) is 8.66. The van der Waals surface area contributed by atoms with Gasteiger partial charge in [-0.25, -0.2) is 13.9 Å². The molecule has 4 N–H and O–H groups in total. The van der Waals surface area contributed by atoms with E-state index in [0.29, 0.717) is 37.6 Å². The average molecular weight is 515 g/mol. The van der Waals surface area contributed by atoms with E-state index in [-0.39, 0.29) is 28.4 Å². The first-order valence-corrected chi connectivity index (χ1v) is 11.8. The number of likely N-dealkylation sites (tertiary alicyclic amines) is 1. The summed E-state index contributed by atoms with van der Waals surface area (Å²) in [6, 6.07) is 12.9. The molecule has 190 valence electrons. The number of rotatable bonds is 8. The SMILES string of the molecule is COCCN1C[C@@H](NC(=O)Nc2c(C(N)=O)c(C)nn2-c2ccccc2)[C@H](c2ccc(Cl)c(F)c2)C1. The van der Waals surface area contributed by atoms with Crippen molar-refractivity contribution in [3.8, 4) is 5.69 Å². The number of aryl methyl sites for hydroxylation is 1. The van der Waals surface area contributed by atoms with Gasteiger partial charge in [0, 0.05) is 32.7 Å². The van der Waals surface area contributed by atoms with Crippen molar-refractivity contribution in [2.24, 2.45) is 5.73 Å². The Morgan fingerprint density at radius 2 is 1.97 bits per heavy atom. The fourth-order valence-corrected chi connectivity index (χ4v) is 4.64. The van der Waals surface area contributed by atoms with E-state index in [1.165, 1.54) is 16.8 Å². The maximum atomic E-state index is 14.2. The molecule has 1 aliphatic heterocycles. The fourth-order valence-electron chi connectivity index (χ4n) is 4.52. The molecule has 4 rings (SSSR count). The van der Waals surface area contributed by atoms with Crippen molar-refractivity contribution in [2.75, 3.05) is 38.7 Å². The highest BCUT2D eigenvalue weighted by molar-refractivity contribution is 6.30. The van der Waals surface area contributed by atoms with Crippen LogP contribution in [-0.2, 0) is 4.74 Å². The first kappa shape index (κ1) is 25.6. The number of hydrogen-bond donors (Lipinski definition) is 3. The van der Waals surface area contributed by atoms with E-state index in [1.54, 1.807) is 32.2 Å². The van der Waals surface area contributed by atoms with Crippen LogP contribution in [0.4, 0.5) is 15.0 Å². The molecule has 0 spiro atoms. The monoisotopic (exact) mass is 514 g/mol. The topological polar surface area (TPSA) is 115 Å². The fraction of sp³-hybridized carbons (Fsp3) is 0.320. The number of para-hydroxylation sites is 1. The lowest BCUT2D eigenvalue weighted by Gasteiger charge is -2.21. The van der Waals surface area contributed by atoms with Crippen LogP contribution in [0.1, 0.15) is 27.5 Å². The van der Waals surface area contributed by atoms with Gasteiger partial charge in [0.1, 0.15) is 11.4 Å². The summed E-state index contributed by atoms with van der Waals surface area (Å²) in [7, 11) is 1.62. The minimum absolute atomic E-state index is 0.0405.